The molecule has 3 atom stereocenters. The molecule has 4 rings (SSSR count). The van der Waals surface area contributed by atoms with Crippen molar-refractivity contribution >= 4 is 46.4 Å². The molecule has 0 aromatic heterocycles. The maximum atomic E-state index is 13.7. The Morgan fingerprint density at radius 1 is 1.00 bits per heavy atom. The van der Waals surface area contributed by atoms with Gasteiger partial charge in [0.25, 0.3) is 0 Å². The fourth-order valence-corrected chi connectivity index (χ4v) is 6.34. The van der Waals surface area contributed by atoms with Gasteiger partial charge in [0, 0.05) is 32.2 Å². The number of ether oxygens (including phenoxy) is 2. The van der Waals surface area contributed by atoms with Crippen LogP contribution in [0, 0.1) is 0 Å². The number of amides is 3. The Labute approximate surface area is 280 Å². The highest BCUT2D eigenvalue weighted by molar-refractivity contribution is 7.98. The van der Waals surface area contributed by atoms with Crippen molar-refractivity contribution in [1.29, 1.82) is 0 Å². The number of nitrogens with one attached hydrogen (secondary N) is 2. The van der Waals surface area contributed by atoms with Crippen molar-refractivity contribution in [3.63, 3.8) is 0 Å². The third kappa shape index (κ3) is 10.4. The summed E-state index contributed by atoms with van der Waals surface area (Å²) in [5, 5.41) is 7.66. The minimum Gasteiger partial charge on any atom is -0.467 e. The van der Waals surface area contributed by atoms with Crippen molar-refractivity contribution < 1.29 is 28.7 Å². The van der Waals surface area contributed by atoms with Crippen LogP contribution in [0.5, 0.6) is 0 Å². The number of carbonyl (C=O) groups excluding carboxylic acids is 4. The Hall–Kier alpha value is -4.13. The minimum absolute atomic E-state index is 0.0128. The molecular formula is C35H45N5O6S. The molecule has 1 fully saturated rings. The fraction of sp³-hybridized carbons (Fsp3) is 0.429. The predicted octanol–water partition coefficient (Wildman–Crippen LogP) is 3.30. The summed E-state index contributed by atoms with van der Waals surface area (Å²) in [6, 6.07) is 21.5. The zero-order valence-corrected chi connectivity index (χ0v) is 27.9. The van der Waals surface area contributed by atoms with E-state index >= 15 is 0 Å². The summed E-state index contributed by atoms with van der Waals surface area (Å²) in [6.07, 6.45) is 3.18. The van der Waals surface area contributed by atoms with Crippen LogP contribution in [0.2, 0.25) is 0 Å². The number of rotatable bonds is 16. The number of nitrogens with zero attached hydrogens (tertiary/aromatic N) is 2. The smallest absolute Gasteiger partial charge is 0.408 e. The maximum absolute atomic E-state index is 13.7. The van der Waals surface area contributed by atoms with E-state index < -0.39 is 24.1 Å². The van der Waals surface area contributed by atoms with E-state index in [1.165, 1.54) is 7.11 Å². The van der Waals surface area contributed by atoms with Gasteiger partial charge >= 0.3 is 12.1 Å². The van der Waals surface area contributed by atoms with Gasteiger partial charge in [-0.05, 0) is 53.2 Å². The van der Waals surface area contributed by atoms with E-state index in [1.807, 2.05) is 77.9 Å². The second-order valence-corrected chi connectivity index (χ2v) is 12.5. The van der Waals surface area contributed by atoms with Crippen molar-refractivity contribution in [3.8, 4) is 0 Å². The summed E-state index contributed by atoms with van der Waals surface area (Å²) in [4.78, 5) is 55.8. The van der Waals surface area contributed by atoms with E-state index in [9.17, 15) is 19.2 Å². The summed E-state index contributed by atoms with van der Waals surface area (Å²) < 4.78 is 10.3. The summed E-state index contributed by atoms with van der Waals surface area (Å²) in [5.41, 5.74) is 7.83. The van der Waals surface area contributed by atoms with Crippen LogP contribution in [-0.4, -0.2) is 97.1 Å². The van der Waals surface area contributed by atoms with Gasteiger partial charge in [-0.15, -0.1) is 0 Å². The molecule has 1 aliphatic heterocycles. The third-order valence-corrected chi connectivity index (χ3v) is 8.88. The summed E-state index contributed by atoms with van der Waals surface area (Å²) in [5.74, 6) is -0.387. The van der Waals surface area contributed by atoms with Gasteiger partial charge in [0.2, 0.25) is 11.8 Å². The van der Waals surface area contributed by atoms with Crippen molar-refractivity contribution in [2.24, 2.45) is 5.73 Å². The highest BCUT2D eigenvalue weighted by Gasteiger charge is 2.35. The number of hydrogen-bond donors (Lipinski definition) is 3. The largest absolute Gasteiger partial charge is 0.467 e. The molecule has 1 aliphatic rings. The highest BCUT2D eigenvalue weighted by Crippen LogP contribution is 2.23. The quantitative estimate of drug-likeness (QED) is 0.197. The van der Waals surface area contributed by atoms with Gasteiger partial charge in [-0.25, -0.2) is 9.59 Å². The number of hydrogen-bond acceptors (Lipinski definition) is 9. The normalized spacial score (nSPS) is 15.7. The van der Waals surface area contributed by atoms with Crippen LogP contribution in [0.25, 0.3) is 10.8 Å². The average molecular weight is 664 g/mol. The lowest BCUT2D eigenvalue weighted by atomic mass is 10.0. The Balaban J connectivity index is 1.47. The second-order valence-electron chi connectivity index (χ2n) is 11.6. The number of methoxy groups -OCH3 is 1. The first-order chi connectivity index (χ1) is 22.8. The molecule has 11 nitrogen and oxygen atoms in total. The van der Waals surface area contributed by atoms with Gasteiger partial charge in [0.1, 0.15) is 18.7 Å². The molecule has 3 amide bonds. The number of likely N-dealkylation sites (tertiary alicyclic amines) is 1. The molecule has 0 aliphatic carbocycles. The van der Waals surface area contributed by atoms with Crippen LogP contribution < -0.4 is 16.4 Å². The molecule has 0 radical (unpaired) electrons. The first kappa shape index (κ1) is 35.7. The molecule has 3 aromatic carbocycles. The van der Waals surface area contributed by atoms with Crippen LogP contribution >= 0.6 is 11.8 Å². The van der Waals surface area contributed by atoms with Gasteiger partial charge in [0.15, 0.2) is 0 Å². The minimum atomic E-state index is -0.953. The Bertz CT molecular complexity index is 1490. The Kier molecular flexibility index (Phi) is 13.9. The lowest BCUT2D eigenvalue weighted by Gasteiger charge is -2.33. The number of benzene rings is 3. The molecule has 252 valence electrons. The number of carbonyl (C=O) groups is 4. The molecule has 12 heteroatoms. The van der Waals surface area contributed by atoms with Gasteiger partial charge in [-0.2, -0.15) is 11.8 Å². The lowest BCUT2D eigenvalue weighted by Crippen LogP contribution is -2.55. The first-order valence-corrected chi connectivity index (χ1v) is 17.2. The summed E-state index contributed by atoms with van der Waals surface area (Å²) in [6.45, 7) is 1.36. The predicted molar refractivity (Wildman–Crippen MR) is 184 cm³/mol. The van der Waals surface area contributed by atoms with Crippen molar-refractivity contribution in [2.45, 2.75) is 50.5 Å². The van der Waals surface area contributed by atoms with Crippen LogP contribution in [0.15, 0.2) is 72.8 Å². The molecule has 0 saturated carbocycles. The van der Waals surface area contributed by atoms with E-state index in [0.717, 1.165) is 34.7 Å². The highest BCUT2D eigenvalue weighted by atomic mass is 32.2. The van der Waals surface area contributed by atoms with Crippen LogP contribution in [0.1, 0.15) is 30.4 Å². The molecule has 47 heavy (non-hydrogen) atoms. The third-order valence-electron chi connectivity index (χ3n) is 8.24. The van der Waals surface area contributed by atoms with Gasteiger partial charge in [-0.3, -0.25) is 14.5 Å². The average Bonchev–Trinajstić information content (AvgIpc) is 3.56. The standard InChI is InChI=1S/C35H45N5O6S/c1-45-34(43)30(17-19-47-2)37-32(41)23-39(21-27-14-8-13-26-12-6-7-16-29(26)27)22-28-15-9-18-40(28)33(42)31(20-36)38-35(44)46-24-25-10-4-3-5-11-25/h3-8,10-14,16,28,30-31H,9,15,17-24,36H2,1-2H3,(H,37,41)(H,38,44)/t28-,30?,31-/m0/s1. The molecule has 0 bridgehead atoms. The number of nitrogens with two attached hydrogens (primary N) is 1. The lowest BCUT2D eigenvalue weighted by molar-refractivity contribution is -0.145. The zero-order valence-electron chi connectivity index (χ0n) is 27.1. The summed E-state index contributed by atoms with van der Waals surface area (Å²) in [7, 11) is 1.31. The zero-order chi connectivity index (χ0) is 33.6. The van der Waals surface area contributed by atoms with E-state index in [-0.39, 0.29) is 37.6 Å². The maximum Gasteiger partial charge on any atom is 0.408 e. The summed E-state index contributed by atoms with van der Waals surface area (Å²) >= 11 is 1.59. The Morgan fingerprint density at radius 2 is 1.74 bits per heavy atom. The topological polar surface area (TPSA) is 143 Å². The molecular weight excluding hydrogens is 618 g/mol. The van der Waals surface area contributed by atoms with Crippen LogP contribution in [0.3, 0.4) is 0 Å². The Morgan fingerprint density at radius 3 is 2.49 bits per heavy atom. The molecule has 0 spiro atoms. The van der Waals surface area contributed by atoms with E-state index in [2.05, 4.69) is 16.7 Å². The number of fused-ring (bicyclic) bond motifs is 1. The molecule has 1 unspecified atom stereocenters. The first-order valence-electron chi connectivity index (χ1n) is 15.9. The number of thioether (sulfide) groups is 1. The SMILES string of the molecule is COC(=O)C(CCSC)NC(=O)CN(Cc1cccc2ccccc12)C[C@@H]1CCCN1C(=O)[C@H](CN)NC(=O)OCc1ccccc1. The monoisotopic (exact) mass is 663 g/mol. The molecule has 1 heterocycles. The molecule has 4 N–H and O–H groups in total. The van der Waals surface area contributed by atoms with Crippen LogP contribution in [-0.2, 0) is 37.0 Å². The van der Waals surface area contributed by atoms with Crippen molar-refractivity contribution in [2.75, 3.05) is 45.3 Å². The van der Waals surface area contributed by atoms with Gasteiger partial charge in [-0.1, -0.05) is 72.8 Å². The molecule has 1 saturated heterocycles. The van der Waals surface area contributed by atoms with E-state index in [4.69, 9.17) is 15.2 Å². The van der Waals surface area contributed by atoms with E-state index in [1.54, 1.807) is 16.7 Å². The van der Waals surface area contributed by atoms with Crippen molar-refractivity contribution in [1.82, 2.24) is 20.4 Å². The number of alkyl carbamates (subject to hydrolysis) is 1. The van der Waals surface area contributed by atoms with Gasteiger partial charge < -0.3 is 30.7 Å². The van der Waals surface area contributed by atoms with Crippen LogP contribution in [0.4, 0.5) is 4.79 Å². The fourth-order valence-electron chi connectivity index (χ4n) is 5.87. The van der Waals surface area contributed by atoms with Gasteiger partial charge in [0.05, 0.1) is 13.7 Å². The second kappa shape index (κ2) is 18.3. The van der Waals surface area contributed by atoms with Crippen molar-refractivity contribution in [3.05, 3.63) is 83.9 Å². The number of esters is 1. The van der Waals surface area contributed by atoms with E-state index in [0.29, 0.717) is 31.8 Å². The molecule has 3 aromatic rings.